The zero-order chi connectivity index (χ0) is 13.0. The van der Waals surface area contributed by atoms with Crippen LogP contribution in [0.15, 0.2) is 12.1 Å². The van der Waals surface area contributed by atoms with E-state index in [2.05, 4.69) is 5.32 Å². The second kappa shape index (κ2) is 5.49. The Kier molecular flexibility index (Phi) is 4.28. The largest absolute Gasteiger partial charge is 0.478 e. The molecule has 0 radical (unpaired) electrons. The lowest BCUT2D eigenvalue weighted by Gasteiger charge is -2.14. The monoisotopic (exact) mass is 241 g/mol. The van der Waals surface area contributed by atoms with Crippen LogP contribution < -0.4 is 11.1 Å². The standard InChI is InChI=1S/C11H16FN3O2/c1-15(2)6-5-14-8-4-3-7(12)10(13)9(8)11(16)17/h3-4,14H,5-6,13H2,1-2H3,(H,16,17). The molecule has 0 aliphatic heterocycles. The number of nitrogens with two attached hydrogens (primary N) is 1. The summed E-state index contributed by atoms with van der Waals surface area (Å²) in [5.74, 6) is -1.96. The molecule has 0 heterocycles. The minimum absolute atomic E-state index is 0.219. The van der Waals surface area contributed by atoms with E-state index >= 15 is 0 Å². The van der Waals surface area contributed by atoms with Crippen LogP contribution in [0.1, 0.15) is 10.4 Å². The highest BCUT2D eigenvalue weighted by atomic mass is 19.1. The lowest BCUT2D eigenvalue weighted by molar-refractivity contribution is 0.0698. The Balaban J connectivity index is 2.91. The second-order valence-corrected chi connectivity index (χ2v) is 3.92. The van der Waals surface area contributed by atoms with E-state index in [0.29, 0.717) is 12.2 Å². The molecule has 94 valence electrons. The molecular weight excluding hydrogens is 225 g/mol. The van der Waals surface area contributed by atoms with Gasteiger partial charge in [0.1, 0.15) is 11.4 Å². The van der Waals surface area contributed by atoms with Gasteiger partial charge in [-0.05, 0) is 26.2 Å². The predicted molar refractivity (Wildman–Crippen MR) is 64.8 cm³/mol. The fourth-order valence-electron chi connectivity index (χ4n) is 1.39. The number of halogens is 1. The average Bonchev–Trinajstić information content (AvgIpc) is 2.22. The minimum Gasteiger partial charge on any atom is -0.478 e. The van der Waals surface area contributed by atoms with Crippen molar-refractivity contribution in [3.8, 4) is 0 Å². The Hall–Kier alpha value is -1.82. The normalized spacial score (nSPS) is 10.6. The van der Waals surface area contributed by atoms with Gasteiger partial charge in [0.2, 0.25) is 0 Å². The van der Waals surface area contributed by atoms with Gasteiger partial charge in [0, 0.05) is 13.1 Å². The SMILES string of the molecule is CN(C)CCNc1ccc(F)c(N)c1C(=O)O. The molecule has 0 atom stereocenters. The van der Waals surface area contributed by atoms with Crippen molar-refractivity contribution in [3.05, 3.63) is 23.5 Å². The van der Waals surface area contributed by atoms with Gasteiger partial charge in [0.15, 0.2) is 0 Å². The van der Waals surface area contributed by atoms with E-state index in [1.54, 1.807) is 0 Å². The molecule has 0 bridgehead atoms. The van der Waals surface area contributed by atoms with Crippen molar-refractivity contribution < 1.29 is 14.3 Å². The van der Waals surface area contributed by atoms with Gasteiger partial charge in [-0.1, -0.05) is 0 Å². The third kappa shape index (κ3) is 3.32. The van der Waals surface area contributed by atoms with Crippen LogP contribution >= 0.6 is 0 Å². The quantitative estimate of drug-likeness (QED) is 0.672. The van der Waals surface area contributed by atoms with E-state index in [4.69, 9.17) is 10.8 Å². The summed E-state index contributed by atoms with van der Waals surface area (Å²) in [5.41, 5.74) is 5.18. The van der Waals surface area contributed by atoms with Crippen LogP contribution in [0.2, 0.25) is 0 Å². The lowest BCUT2D eigenvalue weighted by Crippen LogP contribution is -2.22. The summed E-state index contributed by atoms with van der Waals surface area (Å²) < 4.78 is 13.1. The van der Waals surface area contributed by atoms with Gasteiger partial charge in [0.05, 0.1) is 11.4 Å². The predicted octanol–water partition coefficient (Wildman–Crippen LogP) is 1.08. The van der Waals surface area contributed by atoms with Gasteiger partial charge >= 0.3 is 5.97 Å². The van der Waals surface area contributed by atoms with Gasteiger partial charge in [-0.15, -0.1) is 0 Å². The van der Waals surface area contributed by atoms with E-state index in [1.165, 1.54) is 6.07 Å². The van der Waals surface area contributed by atoms with Crippen LogP contribution in [0, 0.1) is 5.82 Å². The van der Waals surface area contributed by atoms with Gasteiger partial charge < -0.3 is 21.1 Å². The van der Waals surface area contributed by atoms with Gasteiger partial charge in [0.25, 0.3) is 0 Å². The Morgan fingerprint density at radius 2 is 2.18 bits per heavy atom. The summed E-state index contributed by atoms with van der Waals surface area (Å²) in [6.45, 7) is 1.29. The Labute approximate surface area is 99.0 Å². The van der Waals surface area contributed by atoms with Crippen molar-refractivity contribution in [2.24, 2.45) is 0 Å². The summed E-state index contributed by atoms with van der Waals surface area (Å²) in [6.07, 6.45) is 0. The van der Waals surface area contributed by atoms with Crippen molar-refractivity contribution in [2.45, 2.75) is 0 Å². The number of likely N-dealkylation sites (N-methyl/N-ethyl adjacent to an activating group) is 1. The fraction of sp³-hybridized carbons (Fsp3) is 0.364. The number of nitrogens with zero attached hydrogens (tertiary/aromatic N) is 1. The highest BCUT2D eigenvalue weighted by Gasteiger charge is 2.17. The van der Waals surface area contributed by atoms with E-state index in [-0.39, 0.29) is 11.3 Å². The summed E-state index contributed by atoms with van der Waals surface area (Å²) in [7, 11) is 3.80. The van der Waals surface area contributed by atoms with Crippen molar-refractivity contribution in [1.29, 1.82) is 0 Å². The molecule has 1 aromatic rings. The molecule has 1 rings (SSSR count). The van der Waals surface area contributed by atoms with Gasteiger partial charge in [-0.3, -0.25) is 0 Å². The lowest BCUT2D eigenvalue weighted by atomic mass is 10.1. The molecule has 0 amide bonds. The van der Waals surface area contributed by atoms with Gasteiger partial charge in [-0.2, -0.15) is 0 Å². The molecule has 0 spiro atoms. The number of nitrogens with one attached hydrogen (secondary N) is 1. The number of nitrogen functional groups attached to an aromatic ring is 1. The van der Waals surface area contributed by atoms with E-state index in [0.717, 1.165) is 12.6 Å². The number of carboxylic acid groups (broad SMARTS) is 1. The molecule has 0 aromatic heterocycles. The number of carbonyl (C=O) groups is 1. The molecule has 0 saturated carbocycles. The van der Waals surface area contributed by atoms with Crippen molar-refractivity contribution in [2.75, 3.05) is 38.2 Å². The zero-order valence-corrected chi connectivity index (χ0v) is 9.83. The molecule has 5 nitrogen and oxygen atoms in total. The maximum atomic E-state index is 13.1. The third-order valence-electron chi connectivity index (χ3n) is 2.28. The van der Waals surface area contributed by atoms with Crippen molar-refractivity contribution in [3.63, 3.8) is 0 Å². The Morgan fingerprint density at radius 1 is 1.53 bits per heavy atom. The van der Waals surface area contributed by atoms with Crippen LogP contribution in [0.5, 0.6) is 0 Å². The van der Waals surface area contributed by atoms with Crippen molar-refractivity contribution >= 4 is 17.3 Å². The first-order chi connectivity index (χ1) is 7.93. The van der Waals surface area contributed by atoms with E-state index < -0.39 is 11.8 Å². The number of carboxylic acids is 1. The average molecular weight is 241 g/mol. The fourth-order valence-corrected chi connectivity index (χ4v) is 1.39. The maximum absolute atomic E-state index is 13.1. The van der Waals surface area contributed by atoms with E-state index in [1.807, 2.05) is 19.0 Å². The topological polar surface area (TPSA) is 78.6 Å². The number of hydrogen-bond donors (Lipinski definition) is 3. The number of aromatic carboxylic acids is 1. The maximum Gasteiger partial charge on any atom is 0.340 e. The molecule has 1 aromatic carbocycles. The second-order valence-electron chi connectivity index (χ2n) is 3.92. The number of benzene rings is 1. The molecule has 4 N–H and O–H groups in total. The van der Waals surface area contributed by atoms with Crippen LogP contribution in [0.4, 0.5) is 15.8 Å². The number of anilines is 2. The Bertz CT molecular complexity index is 421. The molecule has 0 aliphatic rings. The Morgan fingerprint density at radius 3 is 2.71 bits per heavy atom. The molecule has 0 aliphatic carbocycles. The summed E-state index contributed by atoms with van der Waals surface area (Å²) >= 11 is 0. The first-order valence-electron chi connectivity index (χ1n) is 5.13. The molecule has 0 fully saturated rings. The van der Waals surface area contributed by atoms with Crippen LogP contribution in [0.3, 0.4) is 0 Å². The first kappa shape index (κ1) is 13.2. The smallest absolute Gasteiger partial charge is 0.340 e. The molecule has 6 heteroatoms. The summed E-state index contributed by atoms with van der Waals surface area (Å²) in [4.78, 5) is 12.9. The highest BCUT2D eigenvalue weighted by molar-refractivity contribution is 6.00. The summed E-state index contributed by atoms with van der Waals surface area (Å²) in [5, 5.41) is 11.9. The number of hydrogen-bond acceptors (Lipinski definition) is 4. The zero-order valence-electron chi connectivity index (χ0n) is 9.83. The van der Waals surface area contributed by atoms with E-state index in [9.17, 15) is 9.18 Å². The van der Waals surface area contributed by atoms with Crippen LogP contribution in [-0.4, -0.2) is 43.2 Å². The number of rotatable bonds is 5. The first-order valence-corrected chi connectivity index (χ1v) is 5.13. The van der Waals surface area contributed by atoms with Crippen LogP contribution in [-0.2, 0) is 0 Å². The highest BCUT2D eigenvalue weighted by Crippen LogP contribution is 2.24. The summed E-state index contributed by atoms with van der Waals surface area (Å²) in [6, 6.07) is 2.53. The molecule has 17 heavy (non-hydrogen) atoms. The van der Waals surface area contributed by atoms with Crippen LogP contribution in [0.25, 0.3) is 0 Å². The third-order valence-corrected chi connectivity index (χ3v) is 2.28. The van der Waals surface area contributed by atoms with Gasteiger partial charge in [-0.25, -0.2) is 9.18 Å². The molecular formula is C11H16FN3O2. The minimum atomic E-state index is -1.24. The van der Waals surface area contributed by atoms with Crippen molar-refractivity contribution in [1.82, 2.24) is 4.90 Å². The molecule has 0 saturated heterocycles. The molecule has 0 unspecified atom stereocenters.